The van der Waals surface area contributed by atoms with E-state index in [0.717, 1.165) is 106 Å². The van der Waals surface area contributed by atoms with E-state index in [4.69, 9.17) is 16.4 Å². The third kappa shape index (κ3) is 9.86. The van der Waals surface area contributed by atoms with Crippen LogP contribution in [0.3, 0.4) is 0 Å². The number of hydrogen-bond donors (Lipinski definition) is 2. The third-order valence-electron chi connectivity index (χ3n) is 13.0. The van der Waals surface area contributed by atoms with E-state index >= 15 is 0 Å². The topological polar surface area (TPSA) is 138 Å². The van der Waals surface area contributed by atoms with Gasteiger partial charge in [0, 0.05) is 76.5 Å². The summed E-state index contributed by atoms with van der Waals surface area (Å²) in [7, 11) is -1.04. The SMILES string of the molecule is C#CCCCCCCCCCC(c1cc(-c2c3nc(c(-c4ccccc4)c4ccc([nH]4)c(-c4ccccc4)c4nc(c(-c5ccccc5)c5ccc2[nH]5)C=C4)C=C3)ccc1[N+](=O)[O-])S(=O)(=O)N(C)C. The number of benzene rings is 4. The first-order valence-electron chi connectivity index (χ1n) is 23.6. The van der Waals surface area contributed by atoms with Crippen molar-refractivity contribution in [1.82, 2.24) is 24.2 Å². The maximum Gasteiger partial charge on any atom is 0.274 e. The minimum Gasteiger partial charge on any atom is -0.354 e. The van der Waals surface area contributed by atoms with Gasteiger partial charge in [0.05, 0.1) is 27.7 Å². The summed E-state index contributed by atoms with van der Waals surface area (Å²) in [5.41, 5.74) is 12.9. The Morgan fingerprint density at radius 2 is 0.957 bits per heavy atom. The van der Waals surface area contributed by atoms with Gasteiger partial charge in [-0.25, -0.2) is 22.7 Å². The summed E-state index contributed by atoms with van der Waals surface area (Å²) in [5.74, 6) is 2.69. The number of nitro groups is 1. The van der Waals surface area contributed by atoms with Crippen LogP contribution < -0.4 is 0 Å². The van der Waals surface area contributed by atoms with Crippen molar-refractivity contribution in [3.8, 4) is 56.9 Å². The highest BCUT2D eigenvalue weighted by atomic mass is 32.2. The molecule has 0 amide bonds. The minimum absolute atomic E-state index is 0.143. The van der Waals surface area contributed by atoms with Gasteiger partial charge in [0.1, 0.15) is 5.25 Å². The van der Waals surface area contributed by atoms with Gasteiger partial charge in [-0.1, -0.05) is 130 Å². The summed E-state index contributed by atoms with van der Waals surface area (Å²) in [5, 5.41) is 11.7. The Morgan fingerprint density at radius 3 is 1.35 bits per heavy atom. The molecule has 69 heavy (non-hydrogen) atoms. The van der Waals surface area contributed by atoms with Crippen LogP contribution in [0.2, 0.25) is 0 Å². The number of fused-ring (bicyclic) bond motifs is 8. The quantitative estimate of drug-likeness (QED) is 0.0404. The molecule has 0 radical (unpaired) electrons. The van der Waals surface area contributed by atoms with Gasteiger partial charge >= 0.3 is 0 Å². The molecule has 0 fully saturated rings. The van der Waals surface area contributed by atoms with E-state index in [1.807, 2.05) is 78.9 Å². The molecule has 10 nitrogen and oxygen atoms in total. The van der Waals surface area contributed by atoms with Crippen LogP contribution in [0.4, 0.5) is 5.69 Å². The van der Waals surface area contributed by atoms with Crippen LogP contribution in [0.5, 0.6) is 0 Å². The molecule has 1 atom stereocenters. The molecule has 2 N–H and O–H groups in total. The lowest BCUT2D eigenvalue weighted by Crippen LogP contribution is -2.28. The molecule has 9 rings (SSSR count). The van der Waals surface area contributed by atoms with Crippen molar-refractivity contribution in [3.63, 3.8) is 0 Å². The number of hydrogen-bond acceptors (Lipinski definition) is 6. The number of nitrogens with zero attached hydrogens (tertiary/aromatic N) is 4. The molecule has 8 bridgehead atoms. The van der Waals surface area contributed by atoms with Crippen molar-refractivity contribution in [2.75, 3.05) is 14.1 Å². The number of aromatic nitrogens is 4. The van der Waals surface area contributed by atoms with Crippen molar-refractivity contribution in [2.45, 2.75) is 63.0 Å². The highest BCUT2D eigenvalue weighted by Crippen LogP contribution is 2.42. The number of H-pyrrole nitrogens is 2. The second-order valence-corrected chi connectivity index (χ2v) is 20.0. The molecule has 4 aromatic carbocycles. The van der Waals surface area contributed by atoms with Gasteiger partial charge in [0.25, 0.3) is 5.69 Å². The fraction of sp³-hybridized carbons (Fsp3) is 0.207. The summed E-state index contributed by atoms with van der Waals surface area (Å²) in [6.45, 7) is 0. The van der Waals surface area contributed by atoms with Crippen LogP contribution in [-0.2, 0) is 10.0 Å². The number of nitrogens with one attached hydrogen (secondary N) is 2. The number of terminal acetylenes is 1. The van der Waals surface area contributed by atoms with Gasteiger partial charge in [0.2, 0.25) is 10.0 Å². The second-order valence-electron chi connectivity index (χ2n) is 17.7. The summed E-state index contributed by atoms with van der Waals surface area (Å²) in [6.07, 6.45) is 21.0. The Balaban J connectivity index is 1.31. The first-order chi connectivity index (χ1) is 33.6. The van der Waals surface area contributed by atoms with Crippen LogP contribution in [0.1, 0.15) is 91.4 Å². The molecule has 0 spiro atoms. The fourth-order valence-electron chi connectivity index (χ4n) is 9.53. The average Bonchev–Trinajstić information content (AvgIpc) is 4.22. The van der Waals surface area contributed by atoms with Crippen LogP contribution in [0.15, 0.2) is 133 Å². The molecule has 0 aliphatic carbocycles. The molecule has 3 aromatic heterocycles. The van der Waals surface area contributed by atoms with E-state index in [1.54, 1.807) is 12.1 Å². The van der Waals surface area contributed by atoms with Crippen molar-refractivity contribution in [3.05, 3.63) is 172 Å². The summed E-state index contributed by atoms with van der Waals surface area (Å²) in [4.78, 5) is 30.7. The number of sulfonamides is 1. The Kier molecular flexibility index (Phi) is 13.9. The summed E-state index contributed by atoms with van der Waals surface area (Å²) >= 11 is 0. The second kappa shape index (κ2) is 20.7. The van der Waals surface area contributed by atoms with E-state index in [1.165, 1.54) is 24.5 Å². The molecule has 5 heterocycles. The van der Waals surface area contributed by atoms with Gasteiger partial charge in [-0.3, -0.25) is 10.1 Å². The van der Waals surface area contributed by atoms with Crippen molar-refractivity contribution < 1.29 is 13.3 Å². The van der Waals surface area contributed by atoms with Crippen LogP contribution in [-0.4, -0.2) is 51.7 Å². The molecule has 2 aliphatic rings. The van der Waals surface area contributed by atoms with E-state index in [-0.39, 0.29) is 17.7 Å². The Hall–Kier alpha value is -7.65. The first kappa shape index (κ1) is 46.5. The zero-order chi connectivity index (χ0) is 47.9. The van der Waals surface area contributed by atoms with Crippen molar-refractivity contribution >= 4 is 62.1 Å². The zero-order valence-corrected chi connectivity index (χ0v) is 39.7. The van der Waals surface area contributed by atoms with E-state index in [2.05, 4.69) is 76.6 Å². The van der Waals surface area contributed by atoms with Gasteiger partial charge in [-0.2, -0.15) is 0 Å². The average molecular weight is 931 g/mol. The molecule has 346 valence electrons. The van der Waals surface area contributed by atoms with Crippen molar-refractivity contribution in [2.24, 2.45) is 0 Å². The highest BCUT2D eigenvalue weighted by Gasteiger charge is 2.35. The van der Waals surface area contributed by atoms with E-state index in [0.29, 0.717) is 34.5 Å². The third-order valence-corrected chi connectivity index (χ3v) is 15.2. The zero-order valence-electron chi connectivity index (χ0n) is 38.9. The van der Waals surface area contributed by atoms with Crippen LogP contribution in [0, 0.1) is 22.5 Å². The Bertz CT molecular complexity index is 3370. The molecule has 1 unspecified atom stereocenters. The predicted octanol–water partition coefficient (Wildman–Crippen LogP) is 14.3. The van der Waals surface area contributed by atoms with Gasteiger partial charge in [0.15, 0.2) is 0 Å². The van der Waals surface area contributed by atoms with E-state index < -0.39 is 20.2 Å². The minimum atomic E-state index is -4.02. The Morgan fingerprint density at radius 1 is 0.565 bits per heavy atom. The molecule has 2 aliphatic heterocycles. The number of aromatic amines is 2. The summed E-state index contributed by atoms with van der Waals surface area (Å²) < 4.78 is 29.8. The standard InChI is InChI=1S/C58H54N6O4S/c1-4-5-6-7-8-9-10-11-21-28-54(69(67,68)63(2)3)44-39-43(29-38-53(44)64(65)66)58-51-36-34-49(61-51)56(41-24-17-13-18-25-41)47-32-30-45(59-47)55(40-22-15-12-16-23-40)46-31-33-48(60-46)57(42-26-19-14-20-27-42)50-35-37-52(58)62-50/h1,12-20,22-27,29-39,54,59,62H,5-11,21,28H2,2-3H3. The lowest BCUT2D eigenvalue weighted by atomic mass is 9.96. The fourth-order valence-corrected chi connectivity index (χ4v) is 11.0. The number of rotatable bonds is 17. The Labute approximate surface area is 403 Å². The van der Waals surface area contributed by atoms with Gasteiger partial charge < -0.3 is 9.97 Å². The normalized spacial score (nSPS) is 12.6. The predicted molar refractivity (Wildman–Crippen MR) is 283 cm³/mol. The lowest BCUT2D eigenvalue weighted by molar-refractivity contribution is -0.385. The molecule has 0 saturated heterocycles. The van der Waals surface area contributed by atoms with E-state index in [9.17, 15) is 18.5 Å². The molecular formula is C58H54N6O4S. The highest BCUT2D eigenvalue weighted by molar-refractivity contribution is 7.89. The molecular weight excluding hydrogens is 877 g/mol. The lowest BCUT2D eigenvalue weighted by Gasteiger charge is -2.23. The van der Waals surface area contributed by atoms with Crippen molar-refractivity contribution in [1.29, 1.82) is 0 Å². The van der Waals surface area contributed by atoms with Crippen LogP contribution >= 0.6 is 0 Å². The maximum atomic E-state index is 14.3. The maximum absolute atomic E-state index is 14.3. The molecule has 0 saturated carbocycles. The molecule has 7 aromatic rings. The molecule has 11 heteroatoms. The number of unbranched alkanes of at least 4 members (excludes halogenated alkanes) is 7. The van der Waals surface area contributed by atoms with Gasteiger partial charge in [-0.05, 0) is 95.8 Å². The van der Waals surface area contributed by atoms with Crippen LogP contribution in [0.25, 0.3) is 90.9 Å². The number of nitro benzene ring substituents is 1. The summed E-state index contributed by atoms with van der Waals surface area (Å²) in [6, 6.07) is 43.5. The van der Waals surface area contributed by atoms with Gasteiger partial charge in [-0.15, -0.1) is 12.3 Å². The smallest absolute Gasteiger partial charge is 0.274 e. The largest absolute Gasteiger partial charge is 0.354 e. The monoisotopic (exact) mass is 930 g/mol. The first-order valence-corrected chi connectivity index (χ1v) is 25.1.